The Labute approximate surface area is 385 Å². The molecule has 2 aliphatic carbocycles. The van der Waals surface area contributed by atoms with Crippen molar-refractivity contribution in [2.75, 3.05) is 21.5 Å². The van der Waals surface area contributed by atoms with Crippen molar-refractivity contribution >= 4 is 93.2 Å². The number of anilines is 4. The smallest absolute Gasteiger partial charge is 0.338 e. The fraction of sp³-hybridized carbons (Fsp3) is 0.176. The fourth-order valence-corrected chi connectivity index (χ4v) is 7.22. The number of hydrazone groups is 2. The van der Waals surface area contributed by atoms with E-state index in [1.807, 2.05) is 13.8 Å². The lowest BCUT2D eigenvalue weighted by atomic mass is 9.89. The number of Topliss-reactive ketones (excluding diaryl/α,β-unsaturated/α-hetero) is 2. The van der Waals surface area contributed by atoms with E-state index in [-0.39, 0.29) is 51.2 Å². The van der Waals surface area contributed by atoms with Gasteiger partial charge >= 0.3 is 11.9 Å². The third kappa shape index (κ3) is 10.0. The van der Waals surface area contributed by atoms with Gasteiger partial charge in [-0.2, -0.15) is 10.2 Å². The van der Waals surface area contributed by atoms with Crippen molar-refractivity contribution in [3.8, 4) is 0 Å². The molecule has 15 heteroatoms. The van der Waals surface area contributed by atoms with Crippen LogP contribution in [-0.4, -0.2) is 59.0 Å². The second-order valence-corrected chi connectivity index (χ2v) is 16.5. The zero-order valence-electron chi connectivity index (χ0n) is 37.1. The van der Waals surface area contributed by atoms with E-state index in [1.54, 1.807) is 120 Å². The topological polar surface area (TPSA) is 194 Å². The van der Waals surface area contributed by atoms with Crippen LogP contribution < -0.4 is 21.5 Å². The van der Waals surface area contributed by atoms with E-state index in [0.717, 1.165) is 11.1 Å². The summed E-state index contributed by atoms with van der Waals surface area (Å²) in [5.41, 5.74) is 11.4. The highest BCUT2D eigenvalue weighted by atomic mass is 35.5. The zero-order chi connectivity index (χ0) is 47.4. The highest BCUT2D eigenvalue weighted by Crippen LogP contribution is 2.32. The normalized spacial score (nSPS) is 14.3. The second kappa shape index (κ2) is 19.4. The number of esters is 2. The molecule has 334 valence electrons. The number of carbonyl (C=O) groups is 6. The molecule has 0 radical (unpaired) electrons. The van der Waals surface area contributed by atoms with Gasteiger partial charge < -0.3 is 20.1 Å². The van der Waals surface area contributed by atoms with Crippen molar-refractivity contribution in [3.63, 3.8) is 0 Å². The van der Waals surface area contributed by atoms with Crippen LogP contribution in [0.5, 0.6) is 0 Å². The number of fused-ring (bicyclic) bond motifs is 2. The number of aryl methyl sites for hydroxylation is 3. The molecule has 2 amide bonds. The Balaban J connectivity index is 1.09. The fourth-order valence-electron chi connectivity index (χ4n) is 7.00. The summed E-state index contributed by atoms with van der Waals surface area (Å²) in [6.45, 7) is 12.3. The van der Waals surface area contributed by atoms with Crippen LogP contribution in [0.3, 0.4) is 0 Å². The number of benzene rings is 5. The molecule has 0 heterocycles. The molecule has 14 nitrogen and oxygen atoms in total. The quantitative estimate of drug-likeness (QED) is 0.0533. The summed E-state index contributed by atoms with van der Waals surface area (Å²) in [6, 6.07) is 26.8. The summed E-state index contributed by atoms with van der Waals surface area (Å²) in [4.78, 5) is 81.0. The number of ether oxygens (including phenoxy) is 2. The predicted octanol–water partition coefficient (Wildman–Crippen LogP) is 9.24. The maximum Gasteiger partial charge on any atom is 0.338 e. The molecule has 5 aromatic carbocycles. The molecule has 0 saturated carbocycles. The van der Waals surface area contributed by atoms with Crippen LogP contribution in [0.2, 0.25) is 5.02 Å². The van der Waals surface area contributed by atoms with Gasteiger partial charge in [-0.05, 0) is 125 Å². The van der Waals surface area contributed by atoms with Gasteiger partial charge in [-0.25, -0.2) is 9.59 Å². The number of carbonyl (C=O) groups excluding carboxylic acids is 6. The Morgan fingerprint density at radius 1 is 0.530 bits per heavy atom. The number of hydrogen-bond acceptors (Lipinski definition) is 12. The first-order chi connectivity index (χ1) is 31.5. The molecule has 4 N–H and O–H groups in total. The SMILES string of the molecule is Cc1ccc(C(=O)OC(C)C)cc1NN=C1C(=O)C(C(=O)Nc2cc(Cl)c(NC(=O)C3=Cc4ccccc4C(=NNc4cc(C(=O)OC(C)C)ccc4C)C3=O)cc2C)=Cc2ccccc21. The number of hydrogen-bond donors (Lipinski definition) is 4. The first kappa shape index (κ1) is 46.0. The van der Waals surface area contributed by atoms with Crippen molar-refractivity contribution in [1.82, 2.24) is 0 Å². The van der Waals surface area contributed by atoms with Crippen LogP contribution in [0.1, 0.15) is 87.4 Å². The molecule has 0 unspecified atom stereocenters. The van der Waals surface area contributed by atoms with Crippen molar-refractivity contribution in [1.29, 1.82) is 0 Å². The Morgan fingerprint density at radius 3 is 1.39 bits per heavy atom. The third-order valence-electron chi connectivity index (χ3n) is 10.5. The van der Waals surface area contributed by atoms with Crippen molar-refractivity contribution in [2.24, 2.45) is 10.2 Å². The van der Waals surface area contributed by atoms with Crippen LogP contribution >= 0.6 is 11.6 Å². The van der Waals surface area contributed by atoms with Gasteiger partial charge in [-0.3, -0.25) is 30.0 Å². The van der Waals surface area contributed by atoms with Gasteiger partial charge in [-0.1, -0.05) is 72.3 Å². The molecule has 0 bridgehead atoms. The number of rotatable bonds is 12. The monoisotopic (exact) mass is 904 g/mol. The van der Waals surface area contributed by atoms with Gasteiger partial charge in [0.05, 0.1) is 56.6 Å². The molecule has 0 saturated heterocycles. The molecule has 0 fully saturated rings. The van der Waals surface area contributed by atoms with Gasteiger partial charge in [0.15, 0.2) is 0 Å². The van der Waals surface area contributed by atoms with E-state index < -0.39 is 35.3 Å². The van der Waals surface area contributed by atoms with Gasteiger partial charge in [0, 0.05) is 16.8 Å². The maximum absolute atomic E-state index is 14.0. The van der Waals surface area contributed by atoms with Crippen molar-refractivity contribution in [3.05, 3.63) is 163 Å². The lowest BCUT2D eigenvalue weighted by molar-refractivity contribution is -0.118. The number of nitrogens with zero attached hydrogens (tertiary/aromatic N) is 2. The zero-order valence-corrected chi connectivity index (χ0v) is 37.8. The average molecular weight is 905 g/mol. The van der Waals surface area contributed by atoms with Crippen LogP contribution in [0.25, 0.3) is 12.2 Å². The molecule has 2 aliphatic rings. The molecule has 0 spiro atoms. The molecule has 0 aromatic heterocycles. The van der Waals surface area contributed by atoms with Crippen LogP contribution in [0.15, 0.2) is 118 Å². The number of ketones is 2. The third-order valence-corrected chi connectivity index (χ3v) is 10.8. The molecule has 5 aromatic rings. The van der Waals surface area contributed by atoms with Gasteiger partial charge in [0.2, 0.25) is 11.6 Å². The summed E-state index contributed by atoms with van der Waals surface area (Å²) in [6.07, 6.45) is 2.32. The predicted molar refractivity (Wildman–Crippen MR) is 256 cm³/mol. The van der Waals surface area contributed by atoms with Gasteiger partial charge in [-0.15, -0.1) is 0 Å². The number of nitrogens with one attached hydrogen (secondary N) is 4. The first-order valence-corrected chi connectivity index (χ1v) is 21.3. The lowest BCUT2D eigenvalue weighted by Gasteiger charge is -2.19. The minimum absolute atomic E-state index is 0.0215. The maximum atomic E-state index is 14.0. The number of halogens is 1. The molecule has 7 rings (SSSR count). The minimum Gasteiger partial charge on any atom is -0.459 e. The van der Waals surface area contributed by atoms with Crippen molar-refractivity contribution < 1.29 is 38.2 Å². The summed E-state index contributed by atoms with van der Waals surface area (Å²) < 4.78 is 10.7. The highest BCUT2D eigenvalue weighted by Gasteiger charge is 2.32. The molecular formula is C51H45ClN6O8. The molecular weight excluding hydrogens is 860 g/mol. The number of amides is 2. The van der Waals surface area contributed by atoms with Crippen molar-refractivity contribution in [2.45, 2.75) is 60.7 Å². The largest absolute Gasteiger partial charge is 0.459 e. The highest BCUT2D eigenvalue weighted by molar-refractivity contribution is 6.60. The van der Waals surface area contributed by atoms with Crippen LogP contribution in [0.4, 0.5) is 22.7 Å². The first-order valence-electron chi connectivity index (χ1n) is 20.9. The summed E-state index contributed by atoms with van der Waals surface area (Å²) in [5, 5.41) is 14.4. The Kier molecular flexibility index (Phi) is 13.5. The van der Waals surface area contributed by atoms with E-state index in [2.05, 4.69) is 31.7 Å². The van der Waals surface area contributed by atoms with Gasteiger partial charge in [0.25, 0.3) is 11.8 Å². The molecule has 66 heavy (non-hydrogen) atoms. The standard InChI is InChI=1S/C51H45ClN6O8/c1-26(2)65-50(63)33-18-16-28(5)41(23-33)55-57-44-35-14-10-8-12-31(35)21-37(46(44)59)48(61)53-40-25-39(52)43(20-30(40)7)54-49(62)38-22-32-13-9-11-15-36(32)45(47(38)60)58-56-42-24-34(19-17-29(42)6)51(64)66-27(3)4/h8-27,55-56H,1-7H3,(H,53,61)(H,54,62). The van der Waals surface area contributed by atoms with E-state index >= 15 is 0 Å². The average Bonchev–Trinajstić information content (AvgIpc) is 3.27. The van der Waals surface area contributed by atoms with Crippen LogP contribution in [0, 0.1) is 20.8 Å². The van der Waals surface area contributed by atoms with Crippen LogP contribution in [-0.2, 0) is 28.7 Å². The van der Waals surface area contributed by atoms with Gasteiger partial charge in [0.1, 0.15) is 11.4 Å². The van der Waals surface area contributed by atoms with E-state index in [1.165, 1.54) is 24.3 Å². The second-order valence-electron chi connectivity index (χ2n) is 16.1. The Hall–Kier alpha value is -7.97. The lowest BCUT2D eigenvalue weighted by Crippen LogP contribution is -2.31. The Bertz CT molecular complexity index is 2800. The summed E-state index contributed by atoms with van der Waals surface area (Å²) in [5.74, 6) is -3.83. The molecule has 0 atom stereocenters. The molecule has 0 aliphatic heterocycles. The van der Waals surface area contributed by atoms with E-state index in [9.17, 15) is 28.8 Å². The van der Waals surface area contributed by atoms with E-state index in [0.29, 0.717) is 50.3 Å². The summed E-state index contributed by atoms with van der Waals surface area (Å²) >= 11 is 6.71. The summed E-state index contributed by atoms with van der Waals surface area (Å²) in [7, 11) is 0. The minimum atomic E-state index is -0.760. The Morgan fingerprint density at radius 2 is 0.955 bits per heavy atom. The van der Waals surface area contributed by atoms with E-state index in [4.69, 9.17) is 21.1 Å².